The molecule has 0 bridgehead atoms. The Morgan fingerprint density at radius 2 is 1.89 bits per heavy atom. The van der Waals surface area contributed by atoms with Gasteiger partial charge in [-0.15, -0.1) is 0 Å². The van der Waals surface area contributed by atoms with Gasteiger partial charge in [-0.05, 0) is 31.0 Å². The van der Waals surface area contributed by atoms with Crippen LogP contribution in [0.3, 0.4) is 0 Å². The minimum atomic E-state index is -0.852. The van der Waals surface area contributed by atoms with Crippen LogP contribution in [-0.4, -0.2) is 17.0 Å². The van der Waals surface area contributed by atoms with Crippen LogP contribution in [0.2, 0.25) is 0 Å². The lowest BCUT2D eigenvalue weighted by Crippen LogP contribution is -2.11. The van der Waals surface area contributed by atoms with E-state index in [1.165, 1.54) is 0 Å². The zero-order valence-corrected chi connectivity index (χ0v) is 10.8. The van der Waals surface area contributed by atoms with Crippen LogP contribution in [0.15, 0.2) is 24.3 Å². The molecule has 0 saturated carbocycles. The van der Waals surface area contributed by atoms with E-state index < -0.39 is 11.9 Å². The molecular formula is C14H19NO3. The Hall–Kier alpha value is -1.84. The number of aliphatic carboxylic acids is 1. The molecule has 1 aromatic carbocycles. The lowest BCUT2D eigenvalue weighted by atomic mass is 10.0. The van der Waals surface area contributed by atoms with Crippen molar-refractivity contribution in [2.24, 2.45) is 0 Å². The maximum absolute atomic E-state index is 11.5. The van der Waals surface area contributed by atoms with Gasteiger partial charge in [0.15, 0.2) is 0 Å². The summed E-state index contributed by atoms with van der Waals surface area (Å²) in [6.07, 6.45) is 2.38. The molecule has 0 fully saturated rings. The number of anilines is 1. The maximum atomic E-state index is 11.5. The van der Waals surface area contributed by atoms with Crippen molar-refractivity contribution >= 4 is 17.6 Å². The molecule has 0 aliphatic carbocycles. The van der Waals surface area contributed by atoms with E-state index in [-0.39, 0.29) is 5.91 Å². The van der Waals surface area contributed by atoms with Gasteiger partial charge in [0.25, 0.3) is 0 Å². The van der Waals surface area contributed by atoms with Gasteiger partial charge in [-0.3, -0.25) is 9.59 Å². The summed E-state index contributed by atoms with van der Waals surface area (Å²) >= 11 is 0. The molecule has 0 spiro atoms. The second-order valence-electron chi connectivity index (χ2n) is 4.33. The molecule has 2 N–H and O–H groups in total. The number of hydrogen-bond donors (Lipinski definition) is 2. The molecule has 0 aliphatic heterocycles. The van der Waals surface area contributed by atoms with E-state index in [1.807, 2.05) is 6.92 Å². The standard InChI is InChI=1S/C14H19NO3/c1-3-4-5-13(16)15-12-8-6-11(7-9-12)10(2)14(17)18/h6-10H,3-5H2,1-2H3,(H,15,16)(H,17,18). The Bertz CT molecular complexity index is 412. The van der Waals surface area contributed by atoms with Crippen molar-refractivity contribution in [3.63, 3.8) is 0 Å². The Kier molecular flexibility index (Phi) is 5.36. The number of carbonyl (C=O) groups is 2. The Labute approximate surface area is 107 Å². The van der Waals surface area contributed by atoms with Crippen molar-refractivity contribution in [3.05, 3.63) is 29.8 Å². The quantitative estimate of drug-likeness (QED) is 0.814. The lowest BCUT2D eigenvalue weighted by Gasteiger charge is -2.08. The molecule has 98 valence electrons. The van der Waals surface area contributed by atoms with E-state index in [0.717, 1.165) is 18.4 Å². The number of carbonyl (C=O) groups excluding carboxylic acids is 1. The third kappa shape index (κ3) is 4.20. The average Bonchev–Trinajstić information content (AvgIpc) is 2.36. The summed E-state index contributed by atoms with van der Waals surface area (Å²) in [6.45, 7) is 3.67. The lowest BCUT2D eigenvalue weighted by molar-refractivity contribution is -0.138. The largest absolute Gasteiger partial charge is 0.481 e. The van der Waals surface area contributed by atoms with Gasteiger partial charge in [0.1, 0.15) is 0 Å². The molecule has 4 nitrogen and oxygen atoms in total. The first-order valence-electron chi connectivity index (χ1n) is 6.17. The predicted molar refractivity (Wildman–Crippen MR) is 70.6 cm³/mol. The van der Waals surface area contributed by atoms with Gasteiger partial charge in [-0.2, -0.15) is 0 Å². The maximum Gasteiger partial charge on any atom is 0.310 e. The van der Waals surface area contributed by atoms with Crippen LogP contribution in [0.4, 0.5) is 5.69 Å². The normalized spacial score (nSPS) is 11.9. The monoisotopic (exact) mass is 249 g/mol. The number of carboxylic acids is 1. The topological polar surface area (TPSA) is 66.4 Å². The van der Waals surface area contributed by atoms with E-state index in [9.17, 15) is 9.59 Å². The molecule has 4 heteroatoms. The Morgan fingerprint density at radius 1 is 1.28 bits per heavy atom. The SMILES string of the molecule is CCCCC(=O)Nc1ccc(C(C)C(=O)O)cc1. The molecule has 1 rings (SSSR count). The number of unbranched alkanes of at least 4 members (excludes halogenated alkanes) is 1. The van der Waals surface area contributed by atoms with Gasteiger partial charge in [0, 0.05) is 12.1 Å². The number of rotatable bonds is 6. The van der Waals surface area contributed by atoms with Crippen LogP contribution in [0.5, 0.6) is 0 Å². The van der Waals surface area contributed by atoms with Crippen LogP contribution < -0.4 is 5.32 Å². The number of carboxylic acid groups (broad SMARTS) is 1. The van der Waals surface area contributed by atoms with Crippen molar-refractivity contribution in [2.45, 2.75) is 39.0 Å². The molecule has 1 amide bonds. The van der Waals surface area contributed by atoms with E-state index in [1.54, 1.807) is 31.2 Å². The highest BCUT2D eigenvalue weighted by Gasteiger charge is 2.13. The molecule has 0 radical (unpaired) electrons. The van der Waals surface area contributed by atoms with E-state index in [0.29, 0.717) is 12.1 Å². The molecule has 1 atom stereocenters. The summed E-state index contributed by atoms with van der Waals surface area (Å²) in [5.74, 6) is -1.39. The highest BCUT2D eigenvalue weighted by atomic mass is 16.4. The minimum Gasteiger partial charge on any atom is -0.481 e. The number of amides is 1. The van der Waals surface area contributed by atoms with Crippen molar-refractivity contribution in [1.82, 2.24) is 0 Å². The molecule has 1 unspecified atom stereocenters. The first-order chi connectivity index (χ1) is 8.54. The molecule has 0 saturated heterocycles. The van der Waals surface area contributed by atoms with E-state index in [4.69, 9.17) is 5.11 Å². The van der Waals surface area contributed by atoms with Crippen molar-refractivity contribution < 1.29 is 14.7 Å². The van der Waals surface area contributed by atoms with Gasteiger partial charge in [-0.1, -0.05) is 25.5 Å². The van der Waals surface area contributed by atoms with Gasteiger partial charge in [-0.25, -0.2) is 0 Å². The van der Waals surface area contributed by atoms with Gasteiger partial charge >= 0.3 is 5.97 Å². The van der Waals surface area contributed by atoms with Crippen LogP contribution in [-0.2, 0) is 9.59 Å². The fourth-order valence-electron chi connectivity index (χ4n) is 1.56. The molecule has 18 heavy (non-hydrogen) atoms. The summed E-state index contributed by atoms with van der Waals surface area (Å²) in [6, 6.07) is 6.93. The molecule has 0 aromatic heterocycles. The summed E-state index contributed by atoms with van der Waals surface area (Å²) in [7, 11) is 0. The summed E-state index contributed by atoms with van der Waals surface area (Å²) in [5, 5.41) is 11.7. The van der Waals surface area contributed by atoms with Crippen LogP contribution >= 0.6 is 0 Å². The van der Waals surface area contributed by atoms with E-state index in [2.05, 4.69) is 5.32 Å². The first kappa shape index (κ1) is 14.2. The van der Waals surface area contributed by atoms with E-state index >= 15 is 0 Å². The van der Waals surface area contributed by atoms with Gasteiger partial charge in [0.2, 0.25) is 5.91 Å². The molecule has 0 heterocycles. The highest BCUT2D eigenvalue weighted by molar-refractivity contribution is 5.90. The number of benzene rings is 1. The van der Waals surface area contributed by atoms with Crippen LogP contribution in [0.1, 0.15) is 44.6 Å². The zero-order valence-electron chi connectivity index (χ0n) is 10.8. The average molecular weight is 249 g/mol. The third-order valence-corrected chi connectivity index (χ3v) is 2.82. The van der Waals surface area contributed by atoms with Gasteiger partial charge < -0.3 is 10.4 Å². The van der Waals surface area contributed by atoms with Crippen LogP contribution in [0.25, 0.3) is 0 Å². The van der Waals surface area contributed by atoms with Crippen molar-refractivity contribution in [2.75, 3.05) is 5.32 Å². The van der Waals surface area contributed by atoms with Crippen molar-refractivity contribution in [3.8, 4) is 0 Å². The molecule has 1 aromatic rings. The summed E-state index contributed by atoms with van der Waals surface area (Å²) in [5.41, 5.74) is 1.44. The minimum absolute atomic E-state index is 0.00381. The fraction of sp³-hybridized carbons (Fsp3) is 0.429. The highest BCUT2D eigenvalue weighted by Crippen LogP contribution is 2.18. The number of nitrogens with one attached hydrogen (secondary N) is 1. The van der Waals surface area contributed by atoms with Crippen LogP contribution in [0, 0.1) is 0 Å². The Balaban J connectivity index is 2.60. The predicted octanol–water partition coefficient (Wildman–Crippen LogP) is 3.00. The molecule has 0 aliphatic rings. The fourth-order valence-corrected chi connectivity index (χ4v) is 1.56. The first-order valence-corrected chi connectivity index (χ1v) is 6.17. The van der Waals surface area contributed by atoms with Crippen molar-refractivity contribution in [1.29, 1.82) is 0 Å². The van der Waals surface area contributed by atoms with Gasteiger partial charge in [0.05, 0.1) is 5.92 Å². The second-order valence-corrected chi connectivity index (χ2v) is 4.33. The zero-order chi connectivity index (χ0) is 13.5. The third-order valence-electron chi connectivity index (χ3n) is 2.82. The summed E-state index contributed by atoms with van der Waals surface area (Å²) < 4.78 is 0. The second kappa shape index (κ2) is 6.79. The summed E-state index contributed by atoms with van der Waals surface area (Å²) in [4.78, 5) is 22.3. The Morgan fingerprint density at radius 3 is 2.39 bits per heavy atom. The number of hydrogen-bond acceptors (Lipinski definition) is 2. The molecular weight excluding hydrogens is 230 g/mol. The smallest absolute Gasteiger partial charge is 0.310 e.